The van der Waals surface area contributed by atoms with Crippen LogP contribution in [0.25, 0.3) is 0 Å². The number of aliphatic imine (C=N–C) groups is 1. The molecular formula is C11H23N3. The SMILES string of the molecule is CCN(C)CCN=C(N)C1CCCC1. The zero-order chi connectivity index (χ0) is 10.4. The van der Waals surface area contributed by atoms with Crippen molar-refractivity contribution in [1.29, 1.82) is 0 Å². The standard InChI is InChI=1S/C11H23N3/c1-3-14(2)9-8-13-11(12)10-6-4-5-7-10/h10H,3-9H2,1-2H3,(H2,12,13). The first-order chi connectivity index (χ1) is 6.74. The molecule has 1 rings (SSSR count). The van der Waals surface area contributed by atoms with E-state index < -0.39 is 0 Å². The van der Waals surface area contributed by atoms with Crippen LogP contribution >= 0.6 is 0 Å². The van der Waals surface area contributed by atoms with E-state index in [2.05, 4.69) is 23.9 Å². The Hall–Kier alpha value is -0.570. The number of likely N-dealkylation sites (N-methyl/N-ethyl adjacent to an activating group) is 1. The molecule has 3 nitrogen and oxygen atoms in total. The highest BCUT2D eigenvalue weighted by atomic mass is 15.1. The van der Waals surface area contributed by atoms with Gasteiger partial charge in [-0.1, -0.05) is 19.8 Å². The summed E-state index contributed by atoms with van der Waals surface area (Å²) < 4.78 is 0. The van der Waals surface area contributed by atoms with Gasteiger partial charge in [-0.3, -0.25) is 4.99 Å². The predicted molar refractivity (Wildman–Crippen MR) is 61.6 cm³/mol. The summed E-state index contributed by atoms with van der Waals surface area (Å²) in [5.41, 5.74) is 5.94. The van der Waals surface area contributed by atoms with Gasteiger partial charge < -0.3 is 10.6 Å². The maximum atomic E-state index is 5.94. The predicted octanol–water partition coefficient (Wildman–Crippen LogP) is 1.49. The van der Waals surface area contributed by atoms with Crippen molar-refractivity contribution >= 4 is 5.84 Å². The summed E-state index contributed by atoms with van der Waals surface area (Å²) >= 11 is 0. The molecular weight excluding hydrogens is 174 g/mol. The normalized spacial score (nSPS) is 19.5. The Morgan fingerprint density at radius 3 is 2.64 bits per heavy atom. The number of hydrogen-bond acceptors (Lipinski definition) is 2. The molecule has 0 spiro atoms. The van der Waals surface area contributed by atoms with Gasteiger partial charge in [0.2, 0.25) is 0 Å². The fourth-order valence-corrected chi connectivity index (χ4v) is 1.86. The minimum atomic E-state index is 0.585. The van der Waals surface area contributed by atoms with Crippen LogP contribution in [0.15, 0.2) is 4.99 Å². The third-order valence-corrected chi connectivity index (χ3v) is 3.09. The third kappa shape index (κ3) is 3.66. The molecule has 1 saturated carbocycles. The minimum absolute atomic E-state index is 0.585. The summed E-state index contributed by atoms with van der Waals surface area (Å²) in [6.45, 7) is 5.11. The van der Waals surface area contributed by atoms with E-state index in [0.717, 1.165) is 25.5 Å². The lowest BCUT2D eigenvalue weighted by molar-refractivity contribution is 0.363. The van der Waals surface area contributed by atoms with Crippen molar-refractivity contribution in [1.82, 2.24) is 4.90 Å². The molecule has 0 aromatic heterocycles. The van der Waals surface area contributed by atoms with Gasteiger partial charge in [0.05, 0.1) is 12.4 Å². The van der Waals surface area contributed by atoms with Crippen LogP contribution in [0.4, 0.5) is 0 Å². The maximum absolute atomic E-state index is 5.94. The largest absolute Gasteiger partial charge is 0.387 e. The Balaban J connectivity index is 2.22. The molecule has 2 N–H and O–H groups in total. The summed E-state index contributed by atoms with van der Waals surface area (Å²) in [6.07, 6.45) is 5.16. The van der Waals surface area contributed by atoms with E-state index in [1.807, 2.05) is 0 Å². The number of nitrogens with two attached hydrogens (primary N) is 1. The van der Waals surface area contributed by atoms with Crippen LogP contribution in [0.5, 0.6) is 0 Å². The Bertz CT molecular complexity index is 183. The van der Waals surface area contributed by atoms with Gasteiger partial charge in [0.1, 0.15) is 0 Å². The monoisotopic (exact) mass is 197 g/mol. The van der Waals surface area contributed by atoms with Crippen LogP contribution in [-0.2, 0) is 0 Å². The molecule has 14 heavy (non-hydrogen) atoms. The van der Waals surface area contributed by atoms with Crippen molar-refractivity contribution in [2.45, 2.75) is 32.6 Å². The molecule has 1 aliphatic carbocycles. The maximum Gasteiger partial charge on any atom is 0.0968 e. The zero-order valence-electron chi connectivity index (χ0n) is 9.50. The van der Waals surface area contributed by atoms with Gasteiger partial charge in [-0.2, -0.15) is 0 Å². The van der Waals surface area contributed by atoms with Crippen molar-refractivity contribution in [3.8, 4) is 0 Å². The van der Waals surface area contributed by atoms with Crippen molar-refractivity contribution in [2.24, 2.45) is 16.6 Å². The molecule has 3 heteroatoms. The summed E-state index contributed by atoms with van der Waals surface area (Å²) in [4.78, 5) is 6.70. The number of rotatable bonds is 5. The highest BCUT2D eigenvalue weighted by molar-refractivity contribution is 5.83. The van der Waals surface area contributed by atoms with E-state index in [1.54, 1.807) is 0 Å². The first-order valence-corrected chi connectivity index (χ1v) is 5.72. The van der Waals surface area contributed by atoms with Gasteiger partial charge in [-0.15, -0.1) is 0 Å². The highest BCUT2D eigenvalue weighted by Crippen LogP contribution is 2.24. The molecule has 0 saturated heterocycles. The summed E-state index contributed by atoms with van der Waals surface area (Å²) in [5.74, 6) is 1.48. The molecule has 1 aliphatic rings. The molecule has 0 aliphatic heterocycles. The fourth-order valence-electron chi connectivity index (χ4n) is 1.86. The Morgan fingerprint density at radius 1 is 1.43 bits per heavy atom. The van der Waals surface area contributed by atoms with Gasteiger partial charge in [-0.25, -0.2) is 0 Å². The van der Waals surface area contributed by atoms with Gasteiger partial charge in [0, 0.05) is 12.5 Å². The summed E-state index contributed by atoms with van der Waals surface area (Å²) in [7, 11) is 2.11. The van der Waals surface area contributed by atoms with E-state index in [0.29, 0.717) is 5.92 Å². The third-order valence-electron chi connectivity index (χ3n) is 3.09. The second-order valence-electron chi connectivity index (χ2n) is 4.18. The van der Waals surface area contributed by atoms with Gasteiger partial charge in [-0.05, 0) is 26.4 Å². The van der Waals surface area contributed by atoms with E-state index in [-0.39, 0.29) is 0 Å². The highest BCUT2D eigenvalue weighted by Gasteiger charge is 2.17. The topological polar surface area (TPSA) is 41.6 Å². The smallest absolute Gasteiger partial charge is 0.0968 e. The van der Waals surface area contributed by atoms with E-state index in [4.69, 9.17) is 5.73 Å². The molecule has 0 aromatic carbocycles. The number of nitrogens with zero attached hydrogens (tertiary/aromatic N) is 2. The van der Waals surface area contributed by atoms with E-state index in [9.17, 15) is 0 Å². The van der Waals surface area contributed by atoms with Crippen molar-refractivity contribution in [3.05, 3.63) is 0 Å². The second-order valence-corrected chi connectivity index (χ2v) is 4.18. The minimum Gasteiger partial charge on any atom is -0.387 e. The van der Waals surface area contributed by atoms with E-state index in [1.165, 1.54) is 25.7 Å². The molecule has 0 heterocycles. The first kappa shape index (κ1) is 11.5. The fraction of sp³-hybridized carbons (Fsp3) is 0.909. The molecule has 0 unspecified atom stereocenters. The van der Waals surface area contributed by atoms with Crippen molar-refractivity contribution < 1.29 is 0 Å². The van der Waals surface area contributed by atoms with Gasteiger partial charge >= 0.3 is 0 Å². The second kappa shape index (κ2) is 6.02. The molecule has 1 fully saturated rings. The lowest BCUT2D eigenvalue weighted by atomic mass is 10.1. The lowest BCUT2D eigenvalue weighted by Crippen LogP contribution is -2.25. The van der Waals surface area contributed by atoms with Crippen LogP contribution < -0.4 is 5.73 Å². The lowest BCUT2D eigenvalue weighted by Gasteiger charge is -2.13. The summed E-state index contributed by atoms with van der Waals surface area (Å²) in [5, 5.41) is 0. The zero-order valence-corrected chi connectivity index (χ0v) is 9.50. The first-order valence-electron chi connectivity index (χ1n) is 5.72. The molecule has 82 valence electrons. The average molecular weight is 197 g/mol. The summed E-state index contributed by atoms with van der Waals surface area (Å²) in [6, 6.07) is 0. The Labute approximate surface area is 87.4 Å². The molecule has 0 aromatic rings. The average Bonchev–Trinajstić information content (AvgIpc) is 2.70. The number of hydrogen-bond donors (Lipinski definition) is 1. The van der Waals surface area contributed by atoms with E-state index >= 15 is 0 Å². The van der Waals surface area contributed by atoms with Crippen molar-refractivity contribution in [3.63, 3.8) is 0 Å². The quantitative estimate of drug-likeness (QED) is 0.536. The van der Waals surface area contributed by atoms with Crippen LogP contribution in [0.3, 0.4) is 0 Å². The van der Waals surface area contributed by atoms with Crippen LogP contribution in [0, 0.1) is 5.92 Å². The Kier molecular flexibility index (Phi) is 4.94. The van der Waals surface area contributed by atoms with Crippen molar-refractivity contribution in [2.75, 3.05) is 26.7 Å². The molecule has 0 bridgehead atoms. The molecule has 0 amide bonds. The van der Waals surface area contributed by atoms with Crippen LogP contribution in [-0.4, -0.2) is 37.4 Å². The molecule has 0 atom stereocenters. The Morgan fingerprint density at radius 2 is 2.07 bits per heavy atom. The van der Waals surface area contributed by atoms with Gasteiger partial charge in [0.15, 0.2) is 0 Å². The number of amidine groups is 1. The van der Waals surface area contributed by atoms with Crippen LogP contribution in [0.1, 0.15) is 32.6 Å². The van der Waals surface area contributed by atoms with Gasteiger partial charge in [0.25, 0.3) is 0 Å². The van der Waals surface area contributed by atoms with Crippen LogP contribution in [0.2, 0.25) is 0 Å². The molecule has 0 radical (unpaired) electrons.